The van der Waals surface area contributed by atoms with Gasteiger partial charge >= 0.3 is 5.97 Å². The highest BCUT2D eigenvalue weighted by molar-refractivity contribution is 6.30. The van der Waals surface area contributed by atoms with Crippen LogP contribution in [0.4, 0.5) is 8.78 Å². The van der Waals surface area contributed by atoms with Gasteiger partial charge in [-0.2, -0.15) is 0 Å². The van der Waals surface area contributed by atoms with Gasteiger partial charge in [0, 0.05) is 30.0 Å². The number of nitrogens with one attached hydrogen (secondary N) is 1. The zero-order chi connectivity index (χ0) is 27.4. The summed E-state index contributed by atoms with van der Waals surface area (Å²) in [7, 11) is 0. The first kappa shape index (κ1) is 27.2. The minimum atomic E-state index is -1.45. The van der Waals surface area contributed by atoms with Gasteiger partial charge in [-0.3, -0.25) is 9.59 Å². The molecule has 1 saturated heterocycles. The van der Waals surface area contributed by atoms with Gasteiger partial charge in [0.05, 0.1) is 17.2 Å². The molecular formula is C30H34ClF2NO4. The van der Waals surface area contributed by atoms with E-state index in [0.717, 1.165) is 12.8 Å². The Balaban J connectivity index is 1.67. The summed E-state index contributed by atoms with van der Waals surface area (Å²) >= 11 is 6.21. The van der Waals surface area contributed by atoms with Crippen LogP contribution in [0.15, 0.2) is 36.4 Å². The molecule has 0 bridgehead atoms. The lowest BCUT2D eigenvalue weighted by Gasteiger charge is -2.36. The van der Waals surface area contributed by atoms with Crippen LogP contribution in [0.1, 0.15) is 76.3 Å². The highest BCUT2D eigenvalue weighted by Crippen LogP contribution is 2.58. The Morgan fingerprint density at radius 3 is 2.55 bits per heavy atom. The Kier molecular flexibility index (Phi) is 7.16. The number of carbonyl (C=O) groups is 2. The second kappa shape index (κ2) is 10.00. The van der Waals surface area contributed by atoms with E-state index in [2.05, 4.69) is 5.32 Å². The second-order valence-electron chi connectivity index (χ2n) is 12.3. The summed E-state index contributed by atoms with van der Waals surface area (Å²) in [6.45, 7) is 6.10. The van der Waals surface area contributed by atoms with Crippen LogP contribution in [0, 0.1) is 23.0 Å². The van der Waals surface area contributed by atoms with E-state index < -0.39 is 41.0 Å². The van der Waals surface area contributed by atoms with E-state index in [1.807, 2.05) is 20.8 Å². The maximum absolute atomic E-state index is 15.7. The van der Waals surface area contributed by atoms with Crippen LogP contribution in [0.25, 0.3) is 0 Å². The second-order valence-corrected chi connectivity index (χ2v) is 12.7. The number of esters is 1. The smallest absolute Gasteiger partial charge is 0.324 e. The van der Waals surface area contributed by atoms with Gasteiger partial charge in [-0.1, -0.05) is 50.6 Å². The zero-order valence-corrected chi connectivity index (χ0v) is 22.7. The summed E-state index contributed by atoms with van der Waals surface area (Å²) in [4.78, 5) is 28.0. The van der Waals surface area contributed by atoms with E-state index in [9.17, 15) is 19.1 Å². The quantitative estimate of drug-likeness (QED) is 0.364. The minimum Gasteiger partial charge on any atom is -0.425 e. The molecule has 4 atom stereocenters. The number of aliphatic hydroxyl groups is 1. The van der Waals surface area contributed by atoms with Crippen molar-refractivity contribution < 1.29 is 28.2 Å². The molecule has 0 aromatic heterocycles. The lowest BCUT2D eigenvalue weighted by molar-refractivity contribution is -0.139. The number of hydrogen-bond acceptors (Lipinski definition) is 5. The molecule has 2 aliphatic heterocycles. The number of aliphatic hydroxyl groups excluding tert-OH is 1. The molecule has 204 valence electrons. The summed E-state index contributed by atoms with van der Waals surface area (Å²) in [6, 6.07) is 7.12. The van der Waals surface area contributed by atoms with Crippen molar-refractivity contribution in [3.05, 3.63) is 64.2 Å². The van der Waals surface area contributed by atoms with Crippen molar-refractivity contribution in [3.63, 3.8) is 0 Å². The number of hydrogen-bond donors (Lipinski definition) is 2. The number of rotatable bonds is 5. The normalized spacial score (nSPS) is 30.9. The molecule has 3 aliphatic rings. The third kappa shape index (κ3) is 4.67. The van der Waals surface area contributed by atoms with Gasteiger partial charge in [0.1, 0.15) is 22.8 Å². The summed E-state index contributed by atoms with van der Waals surface area (Å²) < 4.78 is 35.6. The van der Waals surface area contributed by atoms with E-state index in [1.54, 1.807) is 12.1 Å². The summed E-state index contributed by atoms with van der Waals surface area (Å²) in [5, 5.41) is 13.3. The van der Waals surface area contributed by atoms with Gasteiger partial charge in [-0.05, 0) is 61.1 Å². The molecule has 2 fully saturated rings. The van der Waals surface area contributed by atoms with Crippen LogP contribution < -0.4 is 10.1 Å². The molecule has 2 aromatic carbocycles. The third-order valence-corrected chi connectivity index (χ3v) is 8.76. The van der Waals surface area contributed by atoms with Crippen LogP contribution in [0.5, 0.6) is 5.75 Å². The summed E-state index contributed by atoms with van der Waals surface area (Å²) in [5.41, 5.74) is -1.10. The van der Waals surface area contributed by atoms with Gasteiger partial charge in [-0.25, -0.2) is 8.78 Å². The minimum absolute atomic E-state index is 0.0949. The van der Waals surface area contributed by atoms with Gasteiger partial charge in [0.25, 0.3) is 0 Å². The molecule has 5 rings (SSSR count). The molecule has 2 heterocycles. The van der Waals surface area contributed by atoms with E-state index in [1.165, 1.54) is 24.3 Å². The van der Waals surface area contributed by atoms with Crippen molar-refractivity contribution in [1.82, 2.24) is 5.32 Å². The topological polar surface area (TPSA) is 75.6 Å². The van der Waals surface area contributed by atoms with Gasteiger partial charge in [0.2, 0.25) is 0 Å². The molecule has 0 unspecified atom stereocenters. The van der Waals surface area contributed by atoms with Gasteiger partial charge in [0.15, 0.2) is 5.78 Å². The number of carbonyl (C=O) groups excluding carboxylic acids is 2. The predicted molar refractivity (Wildman–Crippen MR) is 140 cm³/mol. The number of ether oxygens (including phenoxy) is 1. The van der Waals surface area contributed by atoms with Crippen LogP contribution in [0.2, 0.25) is 5.02 Å². The summed E-state index contributed by atoms with van der Waals surface area (Å²) in [5.74, 6) is -2.72. The number of Topliss-reactive ketones (excluding diaryl/α,β-unsaturated/α-hetero) is 1. The van der Waals surface area contributed by atoms with Crippen LogP contribution in [0.3, 0.4) is 0 Å². The number of fused-ring (bicyclic) bond motifs is 2. The molecular weight excluding hydrogens is 512 g/mol. The lowest BCUT2D eigenvalue weighted by atomic mass is 9.62. The number of ketones is 1. The number of halogens is 3. The molecule has 1 aliphatic carbocycles. The largest absolute Gasteiger partial charge is 0.425 e. The fourth-order valence-corrected chi connectivity index (χ4v) is 7.00. The molecule has 8 heteroatoms. The Bertz CT molecular complexity index is 1250. The van der Waals surface area contributed by atoms with Gasteiger partial charge < -0.3 is 15.2 Å². The molecule has 38 heavy (non-hydrogen) atoms. The van der Waals surface area contributed by atoms with Crippen LogP contribution in [-0.2, 0) is 15.0 Å². The van der Waals surface area contributed by atoms with Crippen molar-refractivity contribution in [3.8, 4) is 5.75 Å². The van der Waals surface area contributed by atoms with Crippen molar-refractivity contribution in [2.75, 3.05) is 0 Å². The molecule has 1 spiro atoms. The van der Waals surface area contributed by atoms with Crippen molar-refractivity contribution in [2.45, 2.75) is 88.8 Å². The highest BCUT2D eigenvalue weighted by atomic mass is 35.5. The molecule has 2 N–H and O–H groups in total. The standard InChI is InChI=1S/C30H34ClF2NO4/c1-29(2,3)15-24-30(20-12-9-17(32)14-23(20)38-28(30)37)25(19-5-4-6-21(31)26(19)33)27(34-24)22(36)13-16-7-10-18(35)11-8-16/h4-6,9,12,14,16,18,24-25,27,34-35H,7-8,10-11,13,15H2,1-3H3/t16?,18?,24-,25+,27+,30+/m1/s1. The Labute approximate surface area is 226 Å². The Hall–Kier alpha value is -2.35. The molecule has 5 nitrogen and oxygen atoms in total. The monoisotopic (exact) mass is 545 g/mol. The SMILES string of the molecule is CC(C)(C)C[C@H]1N[C@@H](C(=O)CC2CCC(O)CC2)[C@H](c2cccc(Cl)c2F)[C@@]12C(=O)Oc1cc(F)ccc12. The Morgan fingerprint density at radius 1 is 1.16 bits per heavy atom. The van der Waals surface area contributed by atoms with Crippen molar-refractivity contribution >= 4 is 23.4 Å². The van der Waals surface area contributed by atoms with Gasteiger partial charge in [-0.15, -0.1) is 0 Å². The average Bonchev–Trinajstić information content (AvgIpc) is 3.31. The van der Waals surface area contributed by atoms with E-state index in [4.69, 9.17) is 16.3 Å². The first-order valence-corrected chi connectivity index (χ1v) is 13.7. The summed E-state index contributed by atoms with van der Waals surface area (Å²) in [6.07, 6.45) is 3.15. The maximum atomic E-state index is 15.7. The predicted octanol–water partition coefficient (Wildman–Crippen LogP) is 5.85. The number of benzene rings is 2. The van der Waals surface area contributed by atoms with Crippen LogP contribution >= 0.6 is 11.6 Å². The zero-order valence-electron chi connectivity index (χ0n) is 21.9. The first-order chi connectivity index (χ1) is 17.9. The average molecular weight is 546 g/mol. The van der Waals surface area contributed by atoms with E-state index >= 15 is 4.39 Å². The molecule has 2 aromatic rings. The Morgan fingerprint density at radius 2 is 1.87 bits per heavy atom. The maximum Gasteiger partial charge on any atom is 0.324 e. The van der Waals surface area contributed by atoms with E-state index in [-0.39, 0.29) is 46.0 Å². The van der Waals surface area contributed by atoms with Crippen molar-refractivity contribution in [1.29, 1.82) is 0 Å². The van der Waals surface area contributed by atoms with Crippen LogP contribution in [-0.4, -0.2) is 35.0 Å². The lowest BCUT2D eigenvalue weighted by Crippen LogP contribution is -2.49. The molecule has 1 saturated carbocycles. The molecule has 0 radical (unpaired) electrons. The third-order valence-electron chi connectivity index (χ3n) is 8.47. The van der Waals surface area contributed by atoms with Crippen molar-refractivity contribution in [2.24, 2.45) is 11.3 Å². The fraction of sp³-hybridized carbons (Fsp3) is 0.533. The molecule has 0 amide bonds. The fourth-order valence-electron chi connectivity index (χ4n) is 6.82. The van der Waals surface area contributed by atoms with E-state index in [0.29, 0.717) is 24.8 Å². The first-order valence-electron chi connectivity index (χ1n) is 13.3. The highest BCUT2D eigenvalue weighted by Gasteiger charge is 2.67.